The second-order valence-corrected chi connectivity index (χ2v) is 2.88. The second-order valence-electron chi connectivity index (χ2n) is 2.88. The molecule has 0 saturated heterocycles. The Kier molecular flexibility index (Phi) is 7.06. The van der Waals surface area contributed by atoms with Crippen molar-refractivity contribution < 1.29 is 19.0 Å². The van der Waals surface area contributed by atoms with Crippen molar-refractivity contribution in [3.63, 3.8) is 0 Å². The smallest absolute Gasteiger partial charge is 0.312 e. The maximum absolute atomic E-state index is 11.0. The Balaban J connectivity index is 3.86. The molecular weight excluding hydrogens is 184 g/mol. The van der Waals surface area contributed by atoms with Crippen molar-refractivity contribution in [3.8, 4) is 0 Å². The van der Waals surface area contributed by atoms with E-state index < -0.39 is 0 Å². The summed E-state index contributed by atoms with van der Waals surface area (Å²) in [5.41, 5.74) is 0. The first kappa shape index (κ1) is 13.1. The van der Waals surface area contributed by atoms with Crippen molar-refractivity contribution in [1.29, 1.82) is 0 Å². The lowest BCUT2D eigenvalue weighted by molar-refractivity contribution is -0.143. The van der Waals surface area contributed by atoms with E-state index in [2.05, 4.69) is 4.74 Å². The van der Waals surface area contributed by atoms with Gasteiger partial charge in [0.25, 0.3) is 0 Å². The molecule has 0 fully saturated rings. The maximum atomic E-state index is 11.0. The van der Waals surface area contributed by atoms with Gasteiger partial charge in [-0.25, -0.2) is 0 Å². The minimum atomic E-state index is -0.254. The summed E-state index contributed by atoms with van der Waals surface area (Å²) in [4.78, 5) is 11.0. The number of carbonyl (C=O) groups is 1. The van der Waals surface area contributed by atoms with Crippen LogP contribution in [0.25, 0.3) is 0 Å². The van der Waals surface area contributed by atoms with Gasteiger partial charge in [-0.15, -0.1) is 0 Å². The number of carbonyl (C=O) groups excluding carboxylic acids is 1. The molecule has 1 unspecified atom stereocenters. The zero-order valence-electron chi connectivity index (χ0n) is 9.15. The summed E-state index contributed by atoms with van der Waals surface area (Å²) < 4.78 is 14.5. The normalized spacial score (nSPS) is 13.5. The van der Waals surface area contributed by atoms with Crippen LogP contribution < -0.4 is 0 Å². The van der Waals surface area contributed by atoms with Gasteiger partial charge in [-0.3, -0.25) is 4.79 Å². The average Bonchev–Trinajstić information content (AvgIpc) is 2.22. The fraction of sp³-hybridized carbons (Fsp3) is 0.700. The minimum absolute atomic E-state index is 0.227. The van der Waals surface area contributed by atoms with E-state index in [9.17, 15) is 4.79 Å². The molecule has 0 aromatic heterocycles. The van der Waals surface area contributed by atoms with Crippen LogP contribution in [0.3, 0.4) is 0 Å². The first-order chi connectivity index (χ1) is 6.65. The van der Waals surface area contributed by atoms with Gasteiger partial charge in [0.2, 0.25) is 0 Å². The van der Waals surface area contributed by atoms with Gasteiger partial charge in [0.1, 0.15) is 0 Å². The molecule has 0 rings (SSSR count). The molecule has 0 aromatic carbocycles. The number of hydrogen-bond donors (Lipinski definition) is 0. The summed E-state index contributed by atoms with van der Waals surface area (Å²) >= 11 is 0. The molecule has 0 spiro atoms. The summed E-state index contributed by atoms with van der Waals surface area (Å²) in [7, 11) is 4.53. The van der Waals surface area contributed by atoms with Crippen molar-refractivity contribution in [2.75, 3.05) is 21.3 Å². The van der Waals surface area contributed by atoms with Gasteiger partial charge in [-0.05, 0) is 6.92 Å². The number of rotatable bonds is 6. The van der Waals surface area contributed by atoms with Gasteiger partial charge in [0, 0.05) is 20.6 Å². The standard InChI is InChI=1S/C10H18O4/c1-8(10(11)14-4)6-5-7-9(12-2)13-3/h5-6,8-9H,7H2,1-4H3/b6-5+. The highest BCUT2D eigenvalue weighted by Crippen LogP contribution is 2.04. The van der Waals surface area contributed by atoms with Crippen molar-refractivity contribution in [3.05, 3.63) is 12.2 Å². The Morgan fingerprint density at radius 3 is 2.29 bits per heavy atom. The van der Waals surface area contributed by atoms with Crippen LogP contribution in [0.4, 0.5) is 0 Å². The maximum Gasteiger partial charge on any atom is 0.312 e. The van der Waals surface area contributed by atoms with Gasteiger partial charge < -0.3 is 14.2 Å². The summed E-state index contributed by atoms with van der Waals surface area (Å²) in [6.45, 7) is 1.77. The molecular formula is C10H18O4. The second kappa shape index (κ2) is 7.53. The van der Waals surface area contributed by atoms with Crippen LogP contribution in [-0.4, -0.2) is 33.6 Å². The van der Waals surface area contributed by atoms with E-state index in [4.69, 9.17) is 9.47 Å². The summed E-state index contributed by atoms with van der Waals surface area (Å²) in [6.07, 6.45) is 3.99. The van der Waals surface area contributed by atoms with Crippen LogP contribution in [0.5, 0.6) is 0 Å². The molecule has 4 nitrogen and oxygen atoms in total. The summed E-state index contributed by atoms with van der Waals surface area (Å²) in [6, 6.07) is 0. The average molecular weight is 202 g/mol. The highest BCUT2D eigenvalue weighted by Gasteiger charge is 2.08. The fourth-order valence-corrected chi connectivity index (χ4v) is 0.947. The molecule has 14 heavy (non-hydrogen) atoms. The van der Waals surface area contributed by atoms with Crippen LogP contribution >= 0.6 is 0 Å². The molecule has 0 aliphatic heterocycles. The Hall–Kier alpha value is -0.870. The number of ether oxygens (including phenoxy) is 3. The molecule has 0 N–H and O–H groups in total. The van der Waals surface area contributed by atoms with E-state index in [0.29, 0.717) is 6.42 Å². The van der Waals surface area contributed by atoms with E-state index >= 15 is 0 Å². The molecule has 0 amide bonds. The SMILES string of the molecule is COC(=O)C(C)/C=C/CC(OC)OC. The summed E-state index contributed by atoms with van der Waals surface area (Å²) in [5.74, 6) is -0.470. The molecule has 82 valence electrons. The highest BCUT2D eigenvalue weighted by molar-refractivity contribution is 5.73. The summed E-state index contributed by atoms with van der Waals surface area (Å²) in [5, 5.41) is 0. The Morgan fingerprint density at radius 2 is 1.86 bits per heavy atom. The fourth-order valence-electron chi connectivity index (χ4n) is 0.947. The molecule has 0 radical (unpaired) electrons. The molecule has 0 aliphatic rings. The Bertz CT molecular complexity index is 185. The molecule has 0 aromatic rings. The lowest BCUT2D eigenvalue weighted by atomic mass is 10.1. The van der Waals surface area contributed by atoms with Crippen LogP contribution in [0.1, 0.15) is 13.3 Å². The third-order valence-corrected chi connectivity index (χ3v) is 1.85. The number of hydrogen-bond acceptors (Lipinski definition) is 4. The highest BCUT2D eigenvalue weighted by atomic mass is 16.7. The molecule has 1 atom stereocenters. The molecule has 0 heterocycles. The van der Waals surface area contributed by atoms with Crippen molar-refractivity contribution in [1.82, 2.24) is 0 Å². The number of esters is 1. The monoisotopic (exact) mass is 202 g/mol. The van der Waals surface area contributed by atoms with Crippen molar-refractivity contribution >= 4 is 5.97 Å². The first-order valence-corrected chi connectivity index (χ1v) is 4.45. The van der Waals surface area contributed by atoms with Gasteiger partial charge in [-0.2, -0.15) is 0 Å². The zero-order chi connectivity index (χ0) is 11.0. The number of methoxy groups -OCH3 is 3. The van der Waals surface area contributed by atoms with E-state index in [1.54, 1.807) is 27.2 Å². The predicted molar refractivity (Wildman–Crippen MR) is 52.7 cm³/mol. The largest absolute Gasteiger partial charge is 0.469 e. The molecule has 0 aliphatic carbocycles. The van der Waals surface area contributed by atoms with Gasteiger partial charge >= 0.3 is 5.97 Å². The van der Waals surface area contributed by atoms with E-state index in [1.807, 2.05) is 6.08 Å². The zero-order valence-corrected chi connectivity index (χ0v) is 9.15. The third kappa shape index (κ3) is 4.99. The third-order valence-electron chi connectivity index (χ3n) is 1.85. The van der Waals surface area contributed by atoms with Crippen LogP contribution in [-0.2, 0) is 19.0 Å². The molecule has 0 saturated carbocycles. The van der Waals surface area contributed by atoms with Crippen LogP contribution in [0.15, 0.2) is 12.2 Å². The van der Waals surface area contributed by atoms with E-state index in [1.165, 1.54) is 7.11 Å². The first-order valence-electron chi connectivity index (χ1n) is 4.45. The van der Waals surface area contributed by atoms with Gasteiger partial charge in [0.15, 0.2) is 6.29 Å². The van der Waals surface area contributed by atoms with E-state index in [0.717, 1.165) is 0 Å². The lowest BCUT2D eigenvalue weighted by Crippen LogP contribution is -2.12. The predicted octanol–water partition coefficient (Wildman–Crippen LogP) is 1.36. The van der Waals surface area contributed by atoms with Crippen molar-refractivity contribution in [2.45, 2.75) is 19.6 Å². The topological polar surface area (TPSA) is 44.8 Å². The van der Waals surface area contributed by atoms with E-state index in [-0.39, 0.29) is 18.2 Å². The van der Waals surface area contributed by atoms with Gasteiger partial charge in [-0.1, -0.05) is 12.2 Å². The van der Waals surface area contributed by atoms with Crippen molar-refractivity contribution in [2.24, 2.45) is 5.92 Å². The molecule has 4 heteroatoms. The quantitative estimate of drug-likeness (QED) is 0.370. The Labute approximate surface area is 84.8 Å². The minimum Gasteiger partial charge on any atom is -0.469 e. The van der Waals surface area contributed by atoms with Gasteiger partial charge in [0.05, 0.1) is 13.0 Å². The lowest BCUT2D eigenvalue weighted by Gasteiger charge is -2.10. The van der Waals surface area contributed by atoms with Crippen LogP contribution in [0.2, 0.25) is 0 Å². The Morgan fingerprint density at radius 1 is 1.29 bits per heavy atom. The molecule has 0 bridgehead atoms. The van der Waals surface area contributed by atoms with Crippen LogP contribution in [0, 0.1) is 5.92 Å².